The Morgan fingerprint density at radius 1 is 1.02 bits per heavy atom. The Morgan fingerprint density at radius 3 is 2.53 bits per heavy atom. The molecular formula is C35H36ClFN8O2. The predicted molar refractivity (Wildman–Crippen MR) is 181 cm³/mol. The molecule has 1 atom stereocenters. The zero-order valence-corrected chi connectivity index (χ0v) is 27.0. The smallest absolute Gasteiger partial charge is 0.354 e. The molecule has 12 heteroatoms. The number of nitrogens with two attached hydrogens (primary N) is 1. The third-order valence-electron chi connectivity index (χ3n) is 7.95. The van der Waals surface area contributed by atoms with Crippen LogP contribution in [0.4, 0.5) is 4.39 Å². The Labute approximate surface area is 276 Å². The number of methoxy groups -OCH3 is 1. The third-order valence-corrected chi connectivity index (χ3v) is 8.23. The monoisotopic (exact) mass is 654 g/mol. The lowest BCUT2D eigenvalue weighted by Gasteiger charge is -2.09. The molecule has 0 radical (unpaired) electrons. The van der Waals surface area contributed by atoms with E-state index in [4.69, 9.17) is 22.1 Å². The highest BCUT2D eigenvalue weighted by molar-refractivity contribution is 6.31. The van der Waals surface area contributed by atoms with Crippen molar-refractivity contribution in [3.05, 3.63) is 123 Å². The number of fused-ring (bicyclic) bond motifs is 1. The number of aromatic amines is 1. The van der Waals surface area contributed by atoms with E-state index in [0.29, 0.717) is 47.6 Å². The Hall–Kier alpha value is -4.84. The largest absolute Gasteiger partial charge is 0.497 e. The summed E-state index contributed by atoms with van der Waals surface area (Å²) in [5.41, 5.74) is 11.2. The fourth-order valence-corrected chi connectivity index (χ4v) is 5.70. The molecular weight excluding hydrogens is 619 g/mol. The summed E-state index contributed by atoms with van der Waals surface area (Å²) < 4.78 is 23.6. The molecule has 0 bridgehead atoms. The van der Waals surface area contributed by atoms with E-state index in [2.05, 4.69) is 25.6 Å². The van der Waals surface area contributed by atoms with Crippen LogP contribution in [0.2, 0.25) is 5.02 Å². The molecule has 47 heavy (non-hydrogen) atoms. The molecule has 3 heterocycles. The van der Waals surface area contributed by atoms with Gasteiger partial charge >= 0.3 is 5.69 Å². The second-order valence-electron chi connectivity index (χ2n) is 11.7. The van der Waals surface area contributed by atoms with Crippen LogP contribution in [0.3, 0.4) is 0 Å². The Balaban J connectivity index is 1.10. The average Bonchev–Trinajstić information content (AvgIpc) is 3.69. The first-order valence-corrected chi connectivity index (χ1v) is 15.8. The van der Waals surface area contributed by atoms with E-state index < -0.39 is 11.5 Å². The van der Waals surface area contributed by atoms with E-state index >= 15 is 4.39 Å². The van der Waals surface area contributed by atoms with E-state index in [1.54, 1.807) is 36.2 Å². The van der Waals surface area contributed by atoms with Gasteiger partial charge in [-0.15, -0.1) is 5.10 Å². The van der Waals surface area contributed by atoms with Gasteiger partial charge in [-0.05, 0) is 85.3 Å². The second kappa shape index (κ2) is 14.3. The van der Waals surface area contributed by atoms with Crippen molar-refractivity contribution in [3.63, 3.8) is 0 Å². The topological polar surface area (TPSA) is 129 Å². The predicted octanol–water partition coefficient (Wildman–Crippen LogP) is 5.78. The molecule has 0 fully saturated rings. The minimum atomic E-state index is -0.522. The van der Waals surface area contributed by atoms with Gasteiger partial charge in [-0.2, -0.15) is 4.98 Å². The van der Waals surface area contributed by atoms with Crippen molar-refractivity contribution in [1.82, 2.24) is 34.8 Å². The summed E-state index contributed by atoms with van der Waals surface area (Å²) in [6, 6.07) is 20.8. The minimum absolute atomic E-state index is 0.0510. The first-order chi connectivity index (χ1) is 22.7. The first kappa shape index (κ1) is 32.1. The van der Waals surface area contributed by atoms with Crippen LogP contribution in [0.5, 0.6) is 5.75 Å². The number of rotatable bonds is 13. The SMILES string of the molecule is COc1ccc(Cn2cc(CNCc3ccc(-n4cc5cc(-c6cc(CCC[C@H](C)N)cc(Cl)c6F)[nH]c5nc4=O)cc3)nn2)cc1. The highest BCUT2D eigenvalue weighted by Gasteiger charge is 2.16. The normalized spacial score (nSPS) is 12.1. The van der Waals surface area contributed by atoms with Crippen LogP contribution >= 0.6 is 11.6 Å². The molecule has 0 aliphatic rings. The van der Waals surface area contributed by atoms with Crippen molar-refractivity contribution in [1.29, 1.82) is 0 Å². The first-order valence-electron chi connectivity index (χ1n) is 15.4. The molecule has 6 rings (SSSR count). The molecule has 0 spiro atoms. The van der Waals surface area contributed by atoms with Gasteiger partial charge in [0.25, 0.3) is 0 Å². The van der Waals surface area contributed by atoms with E-state index in [9.17, 15) is 4.79 Å². The van der Waals surface area contributed by atoms with Crippen molar-refractivity contribution >= 4 is 22.6 Å². The van der Waals surface area contributed by atoms with Gasteiger partial charge in [0.2, 0.25) is 0 Å². The maximum Gasteiger partial charge on any atom is 0.354 e. The third kappa shape index (κ3) is 7.76. The van der Waals surface area contributed by atoms with Crippen LogP contribution in [0.25, 0.3) is 28.0 Å². The molecule has 6 aromatic rings. The number of ether oxygens (including phenoxy) is 1. The van der Waals surface area contributed by atoms with Gasteiger partial charge < -0.3 is 20.8 Å². The maximum absolute atomic E-state index is 15.1. The highest BCUT2D eigenvalue weighted by atomic mass is 35.5. The molecule has 242 valence electrons. The summed E-state index contributed by atoms with van der Waals surface area (Å²) in [5.74, 6) is 0.294. The van der Waals surface area contributed by atoms with E-state index in [1.165, 1.54) is 4.57 Å². The fraction of sp³-hybridized carbons (Fsp3) is 0.257. The molecule has 0 saturated carbocycles. The summed E-state index contributed by atoms with van der Waals surface area (Å²) in [6.07, 6.45) is 6.10. The van der Waals surface area contributed by atoms with Crippen LogP contribution in [0.15, 0.2) is 83.9 Å². The number of nitrogens with zero attached hydrogens (tertiary/aromatic N) is 5. The number of hydrogen-bond donors (Lipinski definition) is 3. The summed E-state index contributed by atoms with van der Waals surface area (Å²) >= 11 is 6.25. The molecule has 10 nitrogen and oxygen atoms in total. The Kier molecular flexibility index (Phi) is 9.76. The van der Waals surface area contributed by atoms with Gasteiger partial charge in [0.1, 0.15) is 11.4 Å². The number of nitrogens with one attached hydrogen (secondary N) is 2. The zero-order valence-electron chi connectivity index (χ0n) is 26.2. The number of H-pyrrole nitrogens is 1. The van der Waals surface area contributed by atoms with Crippen LogP contribution in [0.1, 0.15) is 42.1 Å². The second-order valence-corrected chi connectivity index (χ2v) is 12.1. The van der Waals surface area contributed by atoms with Crippen LogP contribution < -0.4 is 21.5 Å². The van der Waals surface area contributed by atoms with Crippen LogP contribution in [-0.2, 0) is 26.1 Å². The number of benzene rings is 3. The van der Waals surface area contributed by atoms with E-state index in [1.807, 2.05) is 61.7 Å². The summed E-state index contributed by atoms with van der Waals surface area (Å²) in [5, 5.41) is 12.6. The number of aromatic nitrogens is 6. The lowest BCUT2D eigenvalue weighted by atomic mass is 10.0. The van der Waals surface area contributed by atoms with Crippen molar-refractivity contribution in [3.8, 4) is 22.7 Å². The standard InChI is InChI=1S/C35H36ClFN8O2/c1-22(38)4-3-5-25-14-30(33(37)31(36)15-25)32-16-26-20-45(35(46)41-34(26)40-32)28-10-6-23(7-11-28)17-39-18-27-21-44(43-42-27)19-24-8-12-29(47-2)13-9-24/h6-16,20-22,39H,3-5,17-19,38H2,1-2H3,(H,40,41,46)/t22-/m0/s1. The lowest BCUT2D eigenvalue weighted by molar-refractivity contribution is 0.414. The van der Waals surface area contributed by atoms with Crippen molar-refractivity contribution < 1.29 is 9.13 Å². The lowest BCUT2D eigenvalue weighted by Crippen LogP contribution is -2.20. The van der Waals surface area contributed by atoms with Crippen molar-refractivity contribution in [2.24, 2.45) is 5.73 Å². The van der Waals surface area contributed by atoms with Crippen LogP contribution in [0, 0.1) is 5.82 Å². The van der Waals surface area contributed by atoms with Gasteiger partial charge in [-0.1, -0.05) is 41.1 Å². The van der Waals surface area contributed by atoms with Crippen molar-refractivity contribution in [2.75, 3.05) is 7.11 Å². The quantitative estimate of drug-likeness (QED) is 0.144. The molecule has 0 aliphatic carbocycles. The number of aryl methyl sites for hydroxylation is 1. The molecule has 0 saturated heterocycles. The van der Waals surface area contributed by atoms with Gasteiger partial charge in [0.05, 0.1) is 41.9 Å². The fourth-order valence-electron chi connectivity index (χ4n) is 5.46. The Bertz CT molecular complexity index is 2030. The molecule has 0 unspecified atom stereocenters. The molecule has 0 amide bonds. The van der Waals surface area contributed by atoms with Gasteiger partial charge in [0, 0.05) is 36.3 Å². The number of halogens is 2. The van der Waals surface area contributed by atoms with Crippen molar-refractivity contribution in [2.45, 2.75) is 51.9 Å². The minimum Gasteiger partial charge on any atom is -0.497 e. The molecule has 3 aromatic carbocycles. The summed E-state index contributed by atoms with van der Waals surface area (Å²) in [7, 11) is 1.65. The molecule has 4 N–H and O–H groups in total. The molecule has 3 aromatic heterocycles. The van der Waals surface area contributed by atoms with Gasteiger partial charge in [-0.25, -0.2) is 13.9 Å². The van der Waals surface area contributed by atoms with Crippen LogP contribution in [-0.4, -0.2) is 42.7 Å². The molecule has 0 aliphatic heterocycles. The Morgan fingerprint density at radius 2 is 1.79 bits per heavy atom. The highest BCUT2D eigenvalue weighted by Crippen LogP contribution is 2.31. The van der Waals surface area contributed by atoms with Gasteiger partial charge in [0.15, 0.2) is 5.82 Å². The van der Waals surface area contributed by atoms with Gasteiger partial charge in [-0.3, -0.25) is 4.57 Å². The average molecular weight is 655 g/mol. The zero-order chi connectivity index (χ0) is 32.9. The summed E-state index contributed by atoms with van der Waals surface area (Å²) in [4.78, 5) is 20.3. The summed E-state index contributed by atoms with van der Waals surface area (Å²) in [6.45, 7) is 3.75. The number of hydrogen-bond acceptors (Lipinski definition) is 7. The van der Waals surface area contributed by atoms with E-state index in [0.717, 1.165) is 47.4 Å². The van der Waals surface area contributed by atoms with E-state index in [-0.39, 0.29) is 11.1 Å². The maximum atomic E-state index is 15.1.